The van der Waals surface area contributed by atoms with Crippen LogP contribution >= 0.6 is 11.8 Å². The molecule has 12 atom stereocenters. The highest BCUT2D eigenvalue weighted by Gasteiger charge is 2.83. The molecule has 0 aromatic heterocycles. The maximum Gasteiger partial charge on any atom is 0.509 e. The fourth-order valence-electron chi connectivity index (χ4n) is 11.5. The summed E-state index contributed by atoms with van der Waals surface area (Å²) in [6.45, 7) is 14.2. The van der Waals surface area contributed by atoms with Crippen LogP contribution in [-0.4, -0.2) is 113 Å². The first kappa shape index (κ1) is 49.4. The minimum atomic E-state index is -2.29. The Hall–Kier alpha value is -5.46. The van der Waals surface area contributed by atoms with Crippen molar-refractivity contribution >= 4 is 53.0 Å². The Morgan fingerprint density at radius 3 is 2.16 bits per heavy atom. The summed E-state index contributed by atoms with van der Waals surface area (Å²) in [6, 6.07) is 14.6. The van der Waals surface area contributed by atoms with Gasteiger partial charge in [0.2, 0.25) is 5.60 Å². The minimum Gasteiger partial charge on any atom is -0.458 e. The number of carbonyl (C=O) groups excluding carboxylic acids is 7. The van der Waals surface area contributed by atoms with Crippen molar-refractivity contribution in [3.8, 4) is 0 Å². The Kier molecular flexibility index (Phi) is 13.4. The van der Waals surface area contributed by atoms with Crippen LogP contribution in [0.25, 0.3) is 0 Å². The summed E-state index contributed by atoms with van der Waals surface area (Å²) in [5, 5.41) is 13.7. The number of hydrogen-bond acceptors (Lipinski definition) is 17. The first-order valence-electron chi connectivity index (χ1n) is 22.4. The van der Waals surface area contributed by atoms with Crippen molar-refractivity contribution in [2.75, 3.05) is 12.9 Å². The minimum absolute atomic E-state index is 0.0310. The second-order valence-electron chi connectivity index (χ2n) is 19.5. The number of amides is 1. The number of ether oxygens (including phenoxy) is 8. The molecule has 1 heterocycles. The third-order valence-electron chi connectivity index (χ3n) is 14.3. The van der Waals surface area contributed by atoms with Crippen molar-refractivity contribution in [1.29, 1.82) is 0 Å². The molecule has 7 rings (SSSR count). The lowest BCUT2D eigenvalue weighted by Crippen LogP contribution is -2.81. The summed E-state index contributed by atoms with van der Waals surface area (Å²) in [7, 11) is 1.42. The van der Waals surface area contributed by atoms with Crippen molar-refractivity contribution in [2.45, 2.75) is 141 Å². The van der Waals surface area contributed by atoms with Crippen LogP contribution < -0.4 is 5.32 Å². The van der Waals surface area contributed by atoms with Crippen LogP contribution in [0.3, 0.4) is 0 Å². The van der Waals surface area contributed by atoms with Gasteiger partial charge in [-0.15, -0.1) is 0 Å². The summed E-state index contributed by atoms with van der Waals surface area (Å²) in [5.74, 6) is -5.22. The molecule has 0 radical (unpaired) electrons. The van der Waals surface area contributed by atoms with Gasteiger partial charge in [0.25, 0.3) is 0 Å². The van der Waals surface area contributed by atoms with E-state index < -0.39 is 123 Å². The van der Waals surface area contributed by atoms with Crippen LogP contribution in [0.15, 0.2) is 71.8 Å². The first-order valence-corrected chi connectivity index (χ1v) is 23.4. The van der Waals surface area contributed by atoms with Crippen LogP contribution in [0.1, 0.15) is 104 Å². The number of fused-ring (bicyclic) bond motifs is 4. The smallest absolute Gasteiger partial charge is 0.458 e. The highest BCUT2D eigenvalue weighted by molar-refractivity contribution is 8.13. The molecule has 1 spiro atoms. The molecule has 17 nitrogen and oxygen atoms in total. The number of esters is 3. The van der Waals surface area contributed by atoms with Crippen molar-refractivity contribution < 1.29 is 76.6 Å². The van der Waals surface area contributed by atoms with Crippen LogP contribution in [0.4, 0.5) is 14.4 Å². The molecule has 3 saturated carbocycles. The van der Waals surface area contributed by atoms with E-state index in [0.29, 0.717) is 12.0 Å². The zero-order valence-electron chi connectivity index (χ0n) is 39.3. The number of benzene rings is 2. The maximum absolute atomic E-state index is 16.1. The Labute approximate surface area is 393 Å². The van der Waals surface area contributed by atoms with E-state index in [1.165, 1.54) is 33.1 Å². The first-order chi connectivity index (χ1) is 31.5. The Balaban J connectivity index is 1.49. The number of hydrogen-bond donors (Lipinski definition) is 2. The topological polar surface area (TPSA) is 226 Å². The summed E-state index contributed by atoms with van der Waals surface area (Å²) in [6.07, 6.45) is -11.4. The van der Waals surface area contributed by atoms with Gasteiger partial charge in [0.1, 0.15) is 11.2 Å². The number of ketones is 1. The summed E-state index contributed by atoms with van der Waals surface area (Å²) in [5.41, 5.74) is -7.85. The van der Waals surface area contributed by atoms with Gasteiger partial charge in [-0.25, -0.2) is 24.0 Å². The van der Waals surface area contributed by atoms with Crippen molar-refractivity contribution in [3.05, 3.63) is 82.9 Å². The van der Waals surface area contributed by atoms with Crippen molar-refractivity contribution in [1.82, 2.24) is 5.32 Å². The average molecular weight is 950 g/mol. The lowest BCUT2D eigenvalue weighted by molar-refractivity contribution is -0.298. The molecular weight excluding hydrogens is 891 g/mol. The van der Waals surface area contributed by atoms with Crippen LogP contribution in [-0.2, 0) is 52.3 Å². The lowest BCUT2D eigenvalue weighted by Gasteiger charge is -2.68. The van der Waals surface area contributed by atoms with Gasteiger partial charge >= 0.3 is 35.5 Å². The van der Waals surface area contributed by atoms with Crippen molar-refractivity contribution in [3.63, 3.8) is 0 Å². The maximum atomic E-state index is 16.1. The van der Waals surface area contributed by atoms with Gasteiger partial charge in [0, 0.05) is 31.1 Å². The normalized spacial score (nSPS) is 32.4. The number of thioether (sulfide) groups is 1. The van der Waals surface area contributed by atoms with E-state index in [1.807, 2.05) is 0 Å². The number of nitrogens with one attached hydrogen (secondary N) is 1. The number of carbonyl (C=O) groups is 7. The van der Waals surface area contributed by atoms with Gasteiger partial charge < -0.3 is 48.3 Å². The van der Waals surface area contributed by atoms with Crippen LogP contribution in [0, 0.1) is 22.7 Å². The lowest BCUT2D eigenvalue weighted by atomic mass is 9.40. The zero-order valence-corrected chi connectivity index (χ0v) is 40.1. The van der Waals surface area contributed by atoms with Crippen molar-refractivity contribution in [2.24, 2.45) is 22.7 Å². The Morgan fingerprint density at radius 1 is 0.955 bits per heavy atom. The number of alkyl carbamates (subject to hydrolysis) is 1. The van der Waals surface area contributed by atoms with E-state index in [1.54, 1.807) is 97.0 Å². The van der Waals surface area contributed by atoms with Gasteiger partial charge in [-0.2, -0.15) is 0 Å². The molecule has 18 heteroatoms. The quantitative estimate of drug-likeness (QED) is 0.132. The molecule has 4 aliphatic carbocycles. The van der Waals surface area contributed by atoms with Gasteiger partial charge in [-0.05, 0) is 94.5 Å². The SMILES string of the molecule is CCSC(=O)O[C@H]1C(=O)[C@]2(C)[C@@H](OC)C[C@H]3CC[C@@]3(OC(C)=O)[C@H]2[C@H](OC(=O)c2ccccc2)[C@]23OC(=O)O[C@H]2[C@H](OC(=O)[C@H](O)[C@@H](NC(=O)OC(C)(C)C)c2ccccc2)C(C)=C1C3(C)C. The summed E-state index contributed by atoms with van der Waals surface area (Å²) >= 11 is 0.796. The standard InChI is InChI=1S/C49H59NO16S/c1-11-67-44(58)61-35-31-25(2)34(60-41(55)33(52)32(27-18-14-12-15-19-27)50-42(56)65-45(4,5)6)38-49(46(31,7)8,66-43(57)63-38)39(62-40(54)28-20-16-13-17-21-28)36-47(9,37(35)53)30(59-10)24-29-22-23-48(29,36)64-26(3)51/h12-21,29-30,32-36,38-39,52H,11,22-24H2,1-10H3,(H,50,56)/t29-,30+,32+,33-,34-,35-,36+,38+,39+,47-,48+,49-/m1/s1. The average Bonchev–Trinajstić information content (AvgIpc) is 3.62. The molecule has 0 unspecified atom stereocenters. The third kappa shape index (κ3) is 8.36. The molecular formula is C49H59NO16S. The van der Waals surface area contributed by atoms with E-state index >= 15 is 4.79 Å². The van der Waals surface area contributed by atoms with Crippen LogP contribution in [0.5, 0.6) is 0 Å². The van der Waals surface area contributed by atoms with Gasteiger partial charge in [0.15, 0.2) is 36.3 Å². The zero-order chi connectivity index (χ0) is 49.0. The highest BCUT2D eigenvalue weighted by Crippen LogP contribution is 2.69. The largest absolute Gasteiger partial charge is 0.509 e. The monoisotopic (exact) mass is 949 g/mol. The van der Waals surface area contributed by atoms with E-state index in [4.69, 9.17) is 37.9 Å². The van der Waals surface area contributed by atoms with E-state index in [9.17, 15) is 33.9 Å². The molecule has 5 aliphatic rings. The molecule has 2 bridgehead atoms. The molecule has 1 saturated heterocycles. The number of methoxy groups -OCH3 is 1. The Morgan fingerprint density at radius 2 is 1.60 bits per heavy atom. The van der Waals surface area contributed by atoms with Gasteiger partial charge in [0.05, 0.1) is 29.0 Å². The molecule has 1 aliphatic heterocycles. The molecule has 4 fully saturated rings. The highest BCUT2D eigenvalue weighted by atomic mass is 32.2. The number of aliphatic hydroxyl groups excluding tert-OH is 1. The van der Waals surface area contributed by atoms with E-state index in [0.717, 1.165) is 11.8 Å². The fourth-order valence-corrected chi connectivity index (χ4v) is 11.9. The molecule has 362 valence electrons. The van der Waals surface area contributed by atoms with Gasteiger partial charge in [-0.3, -0.25) is 9.59 Å². The summed E-state index contributed by atoms with van der Waals surface area (Å²) in [4.78, 5) is 99.9. The predicted molar refractivity (Wildman–Crippen MR) is 238 cm³/mol. The molecule has 2 aromatic rings. The second-order valence-corrected chi connectivity index (χ2v) is 20.7. The number of rotatable bonds is 11. The molecule has 2 aromatic carbocycles. The third-order valence-corrected chi connectivity index (χ3v) is 14.9. The Bertz CT molecular complexity index is 2330. The second kappa shape index (κ2) is 18.2. The number of Topliss-reactive ketones (excluding diaryl/α,β-unsaturated/α-hetero) is 1. The molecule has 2 N–H and O–H groups in total. The number of aliphatic hydroxyl groups is 1. The predicted octanol–water partition coefficient (Wildman–Crippen LogP) is 6.98. The van der Waals surface area contributed by atoms with E-state index in [2.05, 4.69) is 5.32 Å². The van der Waals surface area contributed by atoms with Crippen LogP contribution in [0.2, 0.25) is 0 Å². The van der Waals surface area contributed by atoms with E-state index in [-0.39, 0.29) is 35.3 Å². The molecule has 1 amide bonds. The molecule has 67 heavy (non-hydrogen) atoms. The van der Waals surface area contributed by atoms with Gasteiger partial charge in [-0.1, -0.05) is 69.3 Å². The fraction of sp³-hybridized carbons (Fsp3) is 0.571. The summed E-state index contributed by atoms with van der Waals surface area (Å²) < 4.78 is 49.8.